The van der Waals surface area contributed by atoms with Crippen LogP contribution in [0.15, 0.2) is 35.2 Å². The van der Waals surface area contributed by atoms with Crippen molar-refractivity contribution in [3.63, 3.8) is 0 Å². The molecular weight excluding hydrogens is 234 g/mol. The molecule has 3 rings (SSSR count). The van der Waals surface area contributed by atoms with Crippen LogP contribution in [-0.4, -0.2) is 28.9 Å². The lowest BCUT2D eigenvalue weighted by atomic mass is 10.3. The summed E-state index contributed by atoms with van der Waals surface area (Å²) < 4.78 is 12.1. The fourth-order valence-electron chi connectivity index (χ4n) is 1.93. The number of aromatic nitrogens is 2. The first-order valence-corrected chi connectivity index (χ1v) is 5.80. The predicted molar refractivity (Wildman–Crippen MR) is 63.4 cm³/mol. The Labute approximate surface area is 104 Å². The van der Waals surface area contributed by atoms with E-state index in [9.17, 15) is 4.79 Å². The van der Waals surface area contributed by atoms with Crippen molar-refractivity contribution >= 4 is 11.6 Å². The third-order valence-electron chi connectivity index (χ3n) is 2.88. The summed E-state index contributed by atoms with van der Waals surface area (Å²) in [6.45, 7) is 1.44. The lowest BCUT2D eigenvalue weighted by Gasteiger charge is -2.06. The van der Waals surface area contributed by atoms with E-state index >= 15 is 0 Å². The molecule has 0 unspecified atom stereocenters. The largest absolute Gasteiger partial charge is 0.459 e. The number of ether oxygens (including phenoxy) is 1. The van der Waals surface area contributed by atoms with Gasteiger partial charge in [0.15, 0.2) is 5.76 Å². The molecule has 2 aromatic heterocycles. The Morgan fingerprint density at radius 1 is 1.56 bits per heavy atom. The van der Waals surface area contributed by atoms with Crippen molar-refractivity contribution in [2.45, 2.75) is 12.5 Å². The van der Waals surface area contributed by atoms with Crippen LogP contribution in [0.3, 0.4) is 0 Å². The maximum absolute atomic E-state index is 11.7. The van der Waals surface area contributed by atoms with Gasteiger partial charge < -0.3 is 14.5 Å². The Morgan fingerprint density at radius 3 is 3.22 bits per heavy atom. The van der Waals surface area contributed by atoms with Crippen LogP contribution in [0.1, 0.15) is 23.0 Å². The summed E-state index contributed by atoms with van der Waals surface area (Å²) in [6.07, 6.45) is 5.85. The van der Waals surface area contributed by atoms with E-state index in [1.165, 1.54) is 6.26 Å². The molecule has 1 atom stereocenters. The zero-order chi connectivity index (χ0) is 12.4. The monoisotopic (exact) mass is 247 g/mol. The number of hydrogen-bond donors (Lipinski definition) is 1. The van der Waals surface area contributed by atoms with Gasteiger partial charge in [-0.05, 0) is 18.6 Å². The molecule has 0 aromatic carbocycles. The van der Waals surface area contributed by atoms with Gasteiger partial charge in [0.2, 0.25) is 0 Å². The molecular formula is C12H13N3O3. The first kappa shape index (κ1) is 11.0. The first-order chi connectivity index (χ1) is 8.83. The average Bonchev–Trinajstić information content (AvgIpc) is 3.12. The van der Waals surface area contributed by atoms with Crippen LogP contribution in [0.25, 0.3) is 0 Å². The number of carbonyl (C=O) groups is 1. The van der Waals surface area contributed by atoms with E-state index in [2.05, 4.69) is 10.4 Å². The Balaban J connectivity index is 1.68. The third kappa shape index (κ3) is 2.14. The second-order valence-electron chi connectivity index (χ2n) is 4.16. The molecule has 3 heterocycles. The molecule has 0 aliphatic carbocycles. The van der Waals surface area contributed by atoms with Crippen LogP contribution >= 0.6 is 0 Å². The molecule has 0 radical (unpaired) electrons. The molecule has 0 saturated carbocycles. The van der Waals surface area contributed by atoms with Crippen molar-refractivity contribution in [3.05, 3.63) is 36.5 Å². The number of amides is 1. The van der Waals surface area contributed by atoms with E-state index in [0.29, 0.717) is 12.3 Å². The minimum Gasteiger partial charge on any atom is -0.459 e. The van der Waals surface area contributed by atoms with Gasteiger partial charge in [-0.15, -0.1) is 0 Å². The minimum absolute atomic E-state index is 0.263. The number of carbonyl (C=O) groups excluding carboxylic acids is 1. The second kappa shape index (κ2) is 4.66. The predicted octanol–water partition coefficient (Wildman–Crippen LogP) is 1.69. The fraction of sp³-hybridized carbons (Fsp3) is 0.333. The maximum Gasteiger partial charge on any atom is 0.291 e. The quantitative estimate of drug-likeness (QED) is 0.896. The highest BCUT2D eigenvalue weighted by Crippen LogP contribution is 2.19. The van der Waals surface area contributed by atoms with Crippen LogP contribution in [0.5, 0.6) is 0 Å². The van der Waals surface area contributed by atoms with Gasteiger partial charge in [-0.2, -0.15) is 5.10 Å². The molecule has 1 N–H and O–H groups in total. The molecule has 0 spiro atoms. The molecule has 1 saturated heterocycles. The Hall–Kier alpha value is -2.08. The smallest absolute Gasteiger partial charge is 0.291 e. The van der Waals surface area contributed by atoms with E-state index in [1.54, 1.807) is 24.5 Å². The van der Waals surface area contributed by atoms with Crippen LogP contribution < -0.4 is 5.32 Å². The van der Waals surface area contributed by atoms with E-state index in [4.69, 9.17) is 9.15 Å². The van der Waals surface area contributed by atoms with Gasteiger partial charge >= 0.3 is 0 Å². The van der Waals surface area contributed by atoms with Crippen molar-refractivity contribution in [1.29, 1.82) is 0 Å². The molecule has 2 aromatic rings. The summed E-state index contributed by atoms with van der Waals surface area (Å²) in [5.41, 5.74) is 0.656. The minimum atomic E-state index is -0.276. The number of nitrogens with one attached hydrogen (secondary N) is 1. The Bertz CT molecular complexity index is 527. The molecule has 1 aliphatic heterocycles. The first-order valence-electron chi connectivity index (χ1n) is 5.80. The van der Waals surface area contributed by atoms with Crippen molar-refractivity contribution in [2.24, 2.45) is 0 Å². The van der Waals surface area contributed by atoms with Gasteiger partial charge in [-0.25, -0.2) is 0 Å². The second-order valence-corrected chi connectivity index (χ2v) is 4.16. The topological polar surface area (TPSA) is 69.3 Å². The summed E-state index contributed by atoms with van der Waals surface area (Å²) in [5, 5.41) is 6.96. The number of furan rings is 1. The number of rotatable bonds is 3. The SMILES string of the molecule is O=C(Nc1cnn([C@H]2CCOC2)c1)c1ccco1. The van der Waals surface area contributed by atoms with Crippen LogP contribution in [0, 0.1) is 0 Å². The molecule has 0 bridgehead atoms. The Kier molecular flexibility index (Phi) is 2.85. The van der Waals surface area contributed by atoms with Gasteiger partial charge in [-0.1, -0.05) is 0 Å². The fourth-order valence-corrected chi connectivity index (χ4v) is 1.93. The van der Waals surface area contributed by atoms with Crippen LogP contribution in [0.2, 0.25) is 0 Å². The standard InChI is InChI=1S/C12H13N3O3/c16-12(11-2-1-4-18-11)14-9-6-13-15(7-9)10-3-5-17-8-10/h1-2,4,6-7,10H,3,5,8H2,(H,14,16)/t10-/m0/s1. The molecule has 1 fully saturated rings. The zero-order valence-corrected chi connectivity index (χ0v) is 9.70. The maximum atomic E-state index is 11.7. The zero-order valence-electron chi connectivity index (χ0n) is 9.70. The number of anilines is 1. The van der Waals surface area contributed by atoms with E-state index in [1.807, 2.05) is 4.68 Å². The van der Waals surface area contributed by atoms with Gasteiger partial charge in [-0.3, -0.25) is 9.48 Å². The molecule has 6 nitrogen and oxygen atoms in total. The average molecular weight is 247 g/mol. The summed E-state index contributed by atoms with van der Waals surface area (Å²) >= 11 is 0. The van der Waals surface area contributed by atoms with Crippen molar-refractivity contribution < 1.29 is 13.9 Å². The number of nitrogens with zero attached hydrogens (tertiary/aromatic N) is 2. The van der Waals surface area contributed by atoms with Crippen LogP contribution in [-0.2, 0) is 4.74 Å². The summed E-state index contributed by atoms with van der Waals surface area (Å²) in [6, 6.07) is 3.55. The van der Waals surface area contributed by atoms with E-state index in [0.717, 1.165) is 13.0 Å². The normalized spacial score (nSPS) is 19.0. The highest BCUT2D eigenvalue weighted by Gasteiger charge is 2.19. The van der Waals surface area contributed by atoms with Crippen molar-refractivity contribution in [3.8, 4) is 0 Å². The Morgan fingerprint density at radius 2 is 2.50 bits per heavy atom. The van der Waals surface area contributed by atoms with Gasteiger partial charge in [0.05, 0.1) is 30.8 Å². The third-order valence-corrected chi connectivity index (χ3v) is 2.88. The molecule has 1 amide bonds. The molecule has 6 heteroatoms. The summed E-state index contributed by atoms with van der Waals surface area (Å²) in [7, 11) is 0. The van der Waals surface area contributed by atoms with E-state index in [-0.39, 0.29) is 17.7 Å². The lowest BCUT2D eigenvalue weighted by molar-refractivity contribution is 0.0996. The summed E-state index contributed by atoms with van der Waals surface area (Å²) in [5.74, 6) is 0.00849. The van der Waals surface area contributed by atoms with Gasteiger partial charge in [0.25, 0.3) is 5.91 Å². The summed E-state index contributed by atoms with van der Waals surface area (Å²) in [4.78, 5) is 11.7. The van der Waals surface area contributed by atoms with E-state index < -0.39 is 0 Å². The number of hydrogen-bond acceptors (Lipinski definition) is 4. The van der Waals surface area contributed by atoms with Crippen molar-refractivity contribution in [2.75, 3.05) is 18.5 Å². The van der Waals surface area contributed by atoms with Gasteiger partial charge in [0, 0.05) is 12.8 Å². The molecule has 1 aliphatic rings. The van der Waals surface area contributed by atoms with Gasteiger partial charge in [0.1, 0.15) is 0 Å². The van der Waals surface area contributed by atoms with Crippen molar-refractivity contribution in [1.82, 2.24) is 9.78 Å². The highest BCUT2D eigenvalue weighted by molar-refractivity contribution is 6.02. The molecule has 18 heavy (non-hydrogen) atoms. The molecule has 94 valence electrons. The lowest BCUT2D eigenvalue weighted by Crippen LogP contribution is -2.11. The highest BCUT2D eigenvalue weighted by atomic mass is 16.5. The van der Waals surface area contributed by atoms with Crippen LogP contribution in [0.4, 0.5) is 5.69 Å².